The lowest BCUT2D eigenvalue weighted by Crippen LogP contribution is -2.37. The molecule has 84 valence electrons. The second kappa shape index (κ2) is 6.38. The summed E-state index contributed by atoms with van der Waals surface area (Å²) in [6.07, 6.45) is 4.69. The molecule has 1 aliphatic rings. The summed E-state index contributed by atoms with van der Waals surface area (Å²) < 4.78 is 5.64. The lowest BCUT2D eigenvalue weighted by atomic mass is 10.1. The van der Waals surface area contributed by atoms with E-state index in [9.17, 15) is 5.11 Å². The Balaban J connectivity index is 2.14. The Morgan fingerprint density at radius 2 is 2.29 bits per heavy atom. The number of aliphatic hydroxyl groups excluding tert-OH is 1. The summed E-state index contributed by atoms with van der Waals surface area (Å²) in [6, 6.07) is 0. The second-order valence-corrected chi connectivity index (χ2v) is 4.27. The van der Waals surface area contributed by atoms with Crippen molar-refractivity contribution < 1.29 is 9.84 Å². The van der Waals surface area contributed by atoms with E-state index in [0.717, 1.165) is 26.1 Å². The maximum atomic E-state index is 9.48. The summed E-state index contributed by atoms with van der Waals surface area (Å²) in [6.45, 7) is 4.64. The van der Waals surface area contributed by atoms with E-state index < -0.39 is 0 Å². The summed E-state index contributed by atoms with van der Waals surface area (Å²) in [7, 11) is 2.05. The van der Waals surface area contributed by atoms with Gasteiger partial charge < -0.3 is 14.7 Å². The highest BCUT2D eigenvalue weighted by Crippen LogP contribution is 2.13. The Morgan fingerprint density at radius 3 is 2.86 bits per heavy atom. The molecule has 14 heavy (non-hydrogen) atoms. The van der Waals surface area contributed by atoms with Crippen LogP contribution in [-0.2, 0) is 4.74 Å². The lowest BCUT2D eigenvalue weighted by molar-refractivity contribution is -0.00795. The first-order valence-electron chi connectivity index (χ1n) is 5.70. The van der Waals surface area contributed by atoms with Crippen molar-refractivity contribution in [2.45, 2.75) is 44.8 Å². The Hall–Kier alpha value is -0.120. The fourth-order valence-corrected chi connectivity index (χ4v) is 1.86. The smallest absolute Gasteiger partial charge is 0.0701 e. The third-order valence-electron chi connectivity index (χ3n) is 2.78. The summed E-state index contributed by atoms with van der Waals surface area (Å²) in [5.41, 5.74) is 0. The Labute approximate surface area is 87.1 Å². The standard InChI is InChI=1S/C11H23NO2/c1-3-10(13)8-12(2)9-11-6-4-5-7-14-11/h10-11,13H,3-9H2,1-2H3. The number of rotatable bonds is 5. The molecule has 0 aromatic heterocycles. The number of likely N-dealkylation sites (N-methyl/N-ethyl adjacent to an activating group) is 1. The molecule has 1 heterocycles. The number of nitrogens with zero attached hydrogens (tertiary/aromatic N) is 1. The van der Waals surface area contributed by atoms with Crippen molar-refractivity contribution in [3.63, 3.8) is 0 Å². The van der Waals surface area contributed by atoms with Crippen LogP contribution in [0.4, 0.5) is 0 Å². The zero-order chi connectivity index (χ0) is 10.4. The third kappa shape index (κ3) is 4.40. The highest BCUT2D eigenvalue weighted by Gasteiger charge is 2.16. The summed E-state index contributed by atoms with van der Waals surface area (Å²) in [4.78, 5) is 2.17. The van der Waals surface area contributed by atoms with Crippen LogP contribution in [0.5, 0.6) is 0 Å². The van der Waals surface area contributed by atoms with E-state index in [2.05, 4.69) is 11.9 Å². The Morgan fingerprint density at radius 1 is 1.50 bits per heavy atom. The molecule has 0 spiro atoms. The molecule has 0 aromatic rings. The molecule has 2 unspecified atom stereocenters. The van der Waals surface area contributed by atoms with Gasteiger partial charge in [-0.05, 0) is 32.7 Å². The average molecular weight is 201 g/mol. The monoisotopic (exact) mass is 201 g/mol. The summed E-state index contributed by atoms with van der Waals surface area (Å²) in [5, 5.41) is 9.48. The Kier molecular flexibility index (Phi) is 5.45. The van der Waals surface area contributed by atoms with Crippen LogP contribution < -0.4 is 0 Å². The maximum Gasteiger partial charge on any atom is 0.0701 e. The predicted molar refractivity (Wildman–Crippen MR) is 57.4 cm³/mol. The first-order valence-corrected chi connectivity index (χ1v) is 5.70. The largest absolute Gasteiger partial charge is 0.392 e. The van der Waals surface area contributed by atoms with Crippen molar-refractivity contribution in [2.75, 3.05) is 26.7 Å². The number of hydrogen-bond acceptors (Lipinski definition) is 3. The zero-order valence-corrected chi connectivity index (χ0v) is 9.41. The van der Waals surface area contributed by atoms with Gasteiger partial charge in [0.15, 0.2) is 0 Å². The van der Waals surface area contributed by atoms with Gasteiger partial charge in [0.05, 0.1) is 12.2 Å². The normalized spacial score (nSPS) is 25.3. The number of ether oxygens (including phenoxy) is 1. The highest BCUT2D eigenvalue weighted by molar-refractivity contribution is 4.69. The van der Waals surface area contributed by atoms with Crippen LogP contribution in [-0.4, -0.2) is 49.0 Å². The van der Waals surface area contributed by atoms with Gasteiger partial charge in [0.25, 0.3) is 0 Å². The van der Waals surface area contributed by atoms with Crippen molar-refractivity contribution in [3.8, 4) is 0 Å². The molecule has 3 heteroatoms. The van der Waals surface area contributed by atoms with E-state index in [1.807, 2.05) is 6.92 Å². The highest BCUT2D eigenvalue weighted by atomic mass is 16.5. The predicted octanol–water partition coefficient (Wildman–Crippen LogP) is 1.26. The van der Waals surface area contributed by atoms with Gasteiger partial charge in [-0.3, -0.25) is 0 Å². The van der Waals surface area contributed by atoms with Gasteiger partial charge in [0.2, 0.25) is 0 Å². The van der Waals surface area contributed by atoms with Crippen LogP contribution in [0.1, 0.15) is 32.6 Å². The molecule has 1 N–H and O–H groups in total. The van der Waals surface area contributed by atoms with Crippen molar-refractivity contribution in [2.24, 2.45) is 0 Å². The molecule has 3 nitrogen and oxygen atoms in total. The second-order valence-electron chi connectivity index (χ2n) is 4.27. The molecule has 0 saturated carbocycles. The lowest BCUT2D eigenvalue weighted by Gasteiger charge is -2.28. The molecule has 1 aliphatic heterocycles. The molecule has 0 aromatic carbocycles. The Bertz CT molecular complexity index is 146. The molecule has 0 aliphatic carbocycles. The summed E-state index contributed by atoms with van der Waals surface area (Å²) >= 11 is 0. The molecule has 1 rings (SSSR count). The number of hydrogen-bond donors (Lipinski definition) is 1. The molecular formula is C11H23NO2. The molecule has 2 atom stereocenters. The van der Waals surface area contributed by atoms with Gasteiger partial charge in [-0.2, -0.15) is 0 Å². The first-order chi connectivity index (χ1) is 6.72. The zero-order valence-electron chi connectivity index (χ0n) is 9.41. The van der Waals surface area contributed by atoms with E-state index in [4.69, 9.17) is 4.74 Å². The van der Waals surface area contributed by atoms with Crippen molar-refractivity contribution in [1.82, 2.24) is 4.90 Å². The van der Waals surface area contributed by atoms with Crippen LogP contribution in [0.25, 0.3) is 0 Å². The minimum Gasteiger partial charge on any atom is -0.392 e. The quantitative estimate of drug-likeness (QED) is 0.727. The van der Waals surface area contributed by atoms with E-state index >= 15 is 0 Å². The molecule has 1 fully saturated rings. The van der Waals surface area contributed by atoms with Gasteiger partial charge >= 0.3 is 0 Å². The van der Waals surface area contributed by atoms with Gasteiger partial charge in [0.1, 0.15) is 0 Å². The van der Waals surface area contributed by atoms with Gasteiger partial charge in [-0.25, -0.2) is 0 Å². The third-order valence-corrected chi connectivity index (χ3v) is 2.78. The molecular weight excluding hydrogens is 178 g/mol. The van der Waals surface area contributed by atoms with E-state index in [0.29, 0.717) is 6.10 Å². The van der Waals surface area contributed by atoms with Crippen LogP contribution in [0.15, 0.2) is 0 Å². The SMILES string of the molecule is CCC(O)CN(C)CC1CCCCO1. The van der Waals surface area contributed by atoms with E-state index in [1.54, 1.807) is 0 Å². The van der Waals surface area contributed by atoms with Gasteiger partial charge in [-0.15, -0.1) is 0 Å². The minimum atomic E-state index is -0.191. The minimum absolute atomic E-state index is 0.191. The first kappa shape index (κ1) is 12.0. The van der Waals surface area contributed by atoms with Gasteiger partial charge in [0, 0.05) is 19.7 Å². The van der Waals surface area contributed by atoms with Crippen LogP contribution in [0.2, 0.25) is 0 Å². The fourth-order valence-electron chi connectivity index (χ4n) is 1.86. The fraction of sp³-hybridized carbons (Fsp3) is 1.00. The molecule has 0 radical (unpaired) electrons. The molecule has 0 amide bonds. The van der Waals surface area contributed by atoms with Crippen molar-refractivity contribution >= 4 is 0 Å². The topological polar surface area (TPSA) is 32.7 Å². The van der Waals surface area contributed by atoms with Crippen molar-refractivity contribution in [1.29, 1.82) is 0 Å². The number of aliphatic hydroxyl groups is 1. The van der Waals surface area contributed by atoms with Crippen LogP contribution in [0.3, 0.4) is 0 Å². The molecule has 0 bridgehead atoms. The summed E-state index contributed by atoms with van der Waals surface area (Å²) in [5.74, 6) is 0. The van der Waals surface area contributed by atoms with E-state index in [-0.39, 0.29) is 6.10 Å². The average Bonchev–Trinajstić information content (AvgIpc) is 2.19. The molecule has 1 saturated heterocycles. The van der Waals surface area contributed by atoms with Crippen LogP contribution in [0, 0.1) is 0 Å². The van der Waals surface area contributed by atoms with Crippen molar-refractivity contribution in [3.05, 3.63) is 0 Å². The van der Waals surface area contributed by atoms with Crippen LogP contribution >= 0.6 is 0 Å². The van der Waals surface area contributed by atoms with E-state index in [1.165, 1.54) is 19.3 Å². The maximum absolute atomic E-state index is 9.48. The van der Waals surface area contributed by atoms with Gasteiger partial charge in [-0.1, -0.05) is 6.92 Å².